The molecule has 0 aliphatic rings. The summed E-state index contributed by atoms with van der Waals surface area (Å²) in [4.78, 5) is 23.1. The van der Waals surface area contributed by atoms with Crippen LogP contribution in [-0.4, -0.2) is 17.0 Å². The number of hydrogen-bond donors (Lipinski definition) is 1. The van der Waals surface area contributed by atoms with E-state index in [1.165, 1.54) is 18.2 Å². The summed E-state index contributed by atoms with van der Waals surface area (Å²) in [7, 11) is 0. The van der Waals surface area contributed by atoms with Crippen molar-refractivity contribution in [2.75, 3.05) is 0 Å². The molecule has 0 saturated carbocycles. The van der Waals surface area contributed by atoms with E-state index in [-0.39, 0.29) is 17.1 Å². The summed E-state index contributed by atoms with van der Waals surface area (Å²) in [5.41, 5.74) is -0.104. The number of phenols is 1. The number of aromatic hydroxyl groups is 1. The van der Waals surface area contributed by atoms with Gasteiger partial charge in [0, 0.05) is 6.08 Å². The Kier molecular flexibility index (Phi) is 4.36. The Bertz CT molecular complexity index is 676. The first-order valence-electron chi connectivity index (χ1n) is 6.04. The molecule has 0 radical (unpaired) electrons. The highest BCUT2D eigenvalue weighted by Gasteiger charge is 2.15. The fraction of sp³-hybridized carbons (Fsp3) is 0. The molecule has 0 bridgehead atoms. The number of phenolic OH excluding ortho intramolecular Hbond substituents is 1. The zero-order chi connectivity index (χ0) is 15.2. The molecule has 2 rings (SSSR count). The molecule has 2 aromatic carbocycles. The third kappa shape index (κ3) is 3.70. The lowest BCUT2D eigenvalue weighted by Crippen LogP contribution is -2.10. The molecule has 0 atom stereocenters. The van der Waals surface area contributed by atoms with E-state index in [4.69, 9.17) is 9.47 Å². The highest BCUT2D eigenvalue weighted by molar-refractivity contribution is 5.94. The summed E-state index contributed by atoms with van der Waals surface area (Å²) in [6, 6.07) is 12.2. The van der Waals surface area contributed by atoms with E-state index in [2.05, 4.69) is 6.58 Å². The van der Waals surface area contributed by atoms with Gasteiger partial charge in [-0.3, -0.25) is 0 Å². The highest BCUT2D eigenvalue weighted by Crippen LogP contribution is 2.24. The van der Waals surface area contributed by atoms with Crippen LogP contribution >= 0.6 is 0 Å². The SMILES string of the molecule is C=CC(=O)Oc1ccc(O)c(C(=O)Oc2ccccc2)c1. The first-order chi connectivity index (χ1) is 10.1. The van der Waals surface area contributed by atoms with Gasteiger partial charge in [0.05, 0.1) is 0 Å². The first-order valence-corrected chi connectivity index (χ1v) is 6.04. The van der Waals surface area contributed by atoms with Crippen LogP contribution < -0.4 is 9.47 Å². The summed E-state index contributed by atoms with van der Waals surface area (Å²) in [5, 5.41) is 9.71. The lowest BCUT2D eigenvalue weighted by Gasteiger charge is -2.08. The molecule has 2 aromatic rings. The zero-order valence-corrected chi connectivity index (χ0v) is 11.0. The Labute approximate surface area is 121 Å². The Morgan fingerprint density at radius 2 is 1.71 bits per heavy atom. The van der Waals surface area contributed by atoms with Gasteiger partial charge in [0.2, 0.25) is 0 Å². The third-order valence-electron chi connectivity index (χ3n) is 2.53. The fourth-order valence-electron chi connectivity index (χ4n) is 1.55. The number of rotatable bonds is 4. The molecule has 0 fully saturated rings. The Morgan fingerprint density at radius 1 is 1.00 bits per heavy atom. The van der Waals surface area contributed by atoms with E-state index in [1.54, 1.807) is 30.3 Å². The van der Waals surface area contributed by atoms with E-state index in [1.807, 2.05) is 0 Å². The maximum atomic E-state index is 12.0. The molecule has 0 spiro atoms. The lowest BCUT2D eigenvalue weighted by molar-refractivity contribution is -0.128. The van der Waals surface area contributed by atoms with E-state index in [0.29, 0.717) is 5.75 Å². The molecule has 5 nitrogen and oxygen atoms in total. The van der Waals surface area contributed by atoms with Gasteiger partial charge < -0.3 is 14.6 Å². The third-order valence-corrected chi connectivity index (χ3v) is 2.53. The van der Waals surface area contributed by atoms with Crippen molar-refractivity contribution in [3.63, 3.8) is 0 Å². The monoisotopic (exact) mass is 284 g/mol. The predicted octanol–water partition coefficient (Wildman–Crippen LogP) is 2.70. The standard InChI is InChI=1S/C16H12O5/c1-2-15(18)20-12-8-9-14(17)13(10-12)16(19)21-11-6-4-3-5-7-11/h2-10,17H,1H2. The fourth-order valence-corrected chi connectivity index (χ4v) is 1.55. The quantitative estimate of drug-likeness (QED) is 0.531. The van der Waals surface area contributed by atoms with Gasteiger partial charge >= 0.3 is 11.9 Å². The van der Waals surface area contributed by atoms with Crippen LogP contribution in [0.1, 0.15) is 10.4 Å². The van der Waals surface area contributed by atoms with Gasteiger partial charge in [0.25, 0.3) is 0 Å². The number of esters is 2. The second kappa shape index (κ2) is 6.38. The highest BCUT2D eigenvalue weighted by atomic mass is 16.5. The van der Waals surface area contributed by atoms with Gasteiger partial charge in [0.1, 0.15) is 22.8 Å². The maximum Gasteiger partial charge on any atom is 0.347 e. The van der Waals surface area contributed by atoms with Gasteiger partial charge in [-0.2, -0.15) is 0 Å². The van der Waals surface area contributed by atoms with Crippen LogP contribution in [0.15, 0.2) is 61.2 Å². The summed E-state index contributed by atoms with van der Waals surface area (Å²) < 4.78 is 9.99. The van der Waals surface area contributed by atoms with Crippen molar-refractivity contribution in [2.24, 2.45) is 0 Å². The molecule has 0 aliphatic heterocycles. The van der Waals surface area contributed by atoms with Crippen molar-refractivity contribution < 1.29 is 24.2 Å². The van der Waals surface area contributed by atoms with Gasteiger partial charge in [0.15, 0.2) is 0 Å². The van der Waals surface area contributed by atoms with Gasteiger partial charge in [-0.05, 0) is 30.3 Å². The Balaban J connectivity index is 2.21. The van der Waals surface area contributed by atoms with Gasteiger partial charge in [-0.1, -0.05) is 24.8 Å². The van der Waals surface area contributed by atoms with Crippen molar-refractivity contribution in [1.82, 2.24) is 0 Å². The summed E-state index contributed by atoms with van der Waals surface area (Å²) >= 11 is 0. The average molecular weight is 284 g/mol. The minimum absolute atomic E-state index is 0.104. The molecule has 106 valence electrons. The maximum absolute atomic E-state index is 12.0. The Morgan fingerprint density at radius 3 is 2.38 bits per heavy atom. The topological polar surface area (TPSA) is 72.8 Å². The normalized spacial score (nSPS) is 9.71. The molecule has 5 heteroatoms. The number of carbonyl (C=O) groups is 2. The summed E-state index contributed by atoms with van der Waals surface area (Å²) in [5.74, 6) is -1.24. The molecule has 21 heavy (non-hydrogen) atoms. The molecule has 1 N–H and O–H groups in total. The average Bonchev–Trinajstić information content (AvgIpc) is 2.50. The number of para-hydroxylation sites is 1. The largest absolute Gasteiger partial charge is 0.507 e. The van der Waals surface area contributed by atoms with E-state index in [0.717, 1.165) is 6.08 Å². The zero-order valence-electron chi connectivity index (χ0n) is 11.0. The van der Waals surface area contributed by atoms with Crippen LogP contribution in [0.3, 0.4) is 0 Å². The second-order valence-electron chi connectivity index (χ2n) is 4.01. The predicted molar refractivity (Wildman–Crippen MR) is 75.3 cm³/mol. The van der Waals surface area contributed by atoms with E-state index in [9.17, 15) is 14.7 Å². The molecule has 0 amide bonds. The van der Waals surface area contributed by atoms with Crippen LogP contribution in [0.4, 0.5) is 0 Å². The summed E-state index contributed by atoms with van der Waals surface area (Å²) in [6.07, 6.45) is 0.995. The van der Waals surface area contributed by atoms with Crippen LogP contribution in [0.5, 0.6) is 17.2 Å². The molecule has 0 unspecified atom stereocenters. The van der Waals surface area contributed by atoms with Crippen LogP contribution in [0.25, 0.3) is 0 Å². The van der Waals surface area contributed by atoms with E-state index >= 15 is 0 Å². The molecule has 0 aliphatic carbocycles. The van der Waals surface area contributed by atoms with Gasteiger partial charge in [-0.15, -0.1) is 0 Å². The number of carbonyl (C=O) groups excluding carboxylic acids is 2. The second-order valence-corrected chi connectivity index (χ2v) is 4.01. The lowest BCUT2D eigenvalue weighted by atomic mass is 10.2. The minimum atomic E-state index is -0.754. The summed E-state index contributed by atoms with van der Waals surface area (Å²) in [6.45, 7) is 3.27. The van der Waals surface area contributed by atoms with Crippen LogP contribution in [-0.2, 0) is 4.79 Å². The molecular weight excluding hydrogens is 272 g/mol. The van der Waals surface area contributed by atoms with Crippen molar-refractivity contribution >= 4 is 11.9 Å². The molecule has 0 heterocycles. The molecule has 0 aromatic heterocycles. The Hall–Kier alpha value is -3.08. The number of benzene rings is 2. The van der Waals surface area contributed by atoms with Crippen LogP contribution in [0, 0.1) is 0 Å². The van der Waals surface area contributed by atoms with Gasteiger partial charge in [-0.25, -0.2) is 9.59 Å². The number of hydrogen-bond acceptors (Lipinski definition) is 5. The van der Waals surface area contributed by atoms with Crippen molar-refractivity contribution in [1.29, 1.82) is 0 Å². The van der Waals surface area contributed by atoms with Crippen LogP contribution in [0.2, 0.25) is 0 Å². The molecule has 0 saturated heterocycles. The first kappa shape index (κ1) is 14.3. The van der Waals surface area contributed by atoms with Crippen molar-refractivity contribution in [3.05, 3.63) is 66.7 Å². The van der Waals surface area contributed by atoms with Crippen molar-refractivity contribution in [3.8, 4) is 17.2 Å². The smallest absolute Gasteiger partial charge is 0.347 e. The van der Waals surface area contributed by atoms with E-state index < -0.39 is 11.9 Å². The number of ether oxygens (including phenoxy) is 2. The minimum Gasteiger partial charge on any atom is -0.507 e. The molecular formula is C16H12O5. The van der Waals surface area contributed by atoms with Crippen molar-refractivity contribution in [2.45, 2.75) is 0 Å².